The number of hydrogen-bond donors (Lipinski definition) is 0. The number of rotatable bonds is 4. The molecular weight excluding hydrogens is 190 g/mol. The molecule has 0 fully saturated rings. The molecule has 0 aliphatic heterocycles. The van der Waals surface area contributed by atoms with Crippen molar-refractivity contribution in [2.45, 2.75) is 13.7 Å². The van der Waals surface area contributed by atoms with Gasteiger partial charge in [-0.3, -0.25) is 0 Å². The highest BCUT2D eigenvalue weighted by Crippen LogP contribution is 2.26. The number of ether oxygens (including phenoxy) is 2. The normalized spacial score (nSPS) is 10.8. The van der Waals surface area contributed by atoms with Gasteiger partial charge in [0.2, 0.25) is 0 Å². The fourth-order valence-corrected chi connectivity index (χ4v) is 1.73. The third-order valence-corrected chi connectivity index (χ3v) is 2.34. The molecule has 0 N–H and O–H groups in total. The standard InChI is InChI=1S/C12H15NO2/c1-3-15-12-6-4-5-11-10(12)7-8-13(11)9-14-2/h4-8H,3,9H2,1-2H3. The van der Waals surface area contributed by atoms with E-state index in [4.69, 9.17) is 9.47 Å². The van der Waals surface area contributed by atoms with Crippen molar-refractivity contribution in [2.24, 2.45) is 0 Å². The van der Waals surface area contributed by atoms with Crippen molar-refractivity contribution in [1.82, 2.24) is 4.57 Å². The van der Waals surface area contributed by atoms with Crippen LogP contribution in [-0.4, -0.2) is 18.3 Å². The molecule has 3 heteroatoms. The third-order valence-electron chi connectivity index (χ3n) is 2.34. The Hall–Kier alpha value is -1.48. The number of aromatic nitrogens is 1. The molecule has 0 bridgehead atoms. The molecule has 0 atom stereocenters. The number of hydrogen-bond acceptors (Lipinski definition) is 2. The quantitative estimate of drug-likeness (QED) is 0.766. The highest BCUT2D eigenvalue weighted by molar-refractivity contribution is 5.86. The van der Waals surface area contributed by atoms with E-state index in [2.05, 4.69) is 16.7 Å². The molecule has 0 saturated carbocycles. The van der Waals surface area contributed by atoms with Crippen LogP contribution in [-0.2, 0) is 11.5 Å². The summed E-state index contributed by atoms with van der Waals surface area (Å²) < 4.78 is 12.7. The summed E-state index contributed by atoms with van der Waals surface area (Å²) in [6.07, 6.45) is 2.01. The minimum absolute atomic E-state index is 0.569. The van der Waals surface area contributed by atoms with Gasteiger partial charge < -0.3 is 14.0 Å². The van der Waals surface area contributed by atoms with Gasteiger partial charge in [0.1, 0.15) is 12.5 Å². The lowest BCUT2D eigenvalue weighted by atomic mass is 10.2. The first-order valence-electron chi connectivity index (χ1n) is 5.06. The Kier molecular flexibility index (Phi) is 2.92. The van der Waals surface area contributed by atoms with Crippen molar-refractivity contribution < 1.29 is 9.47 Å². The van der Waals surface area contributed by atoms with Crippen LogP contribution < -0.4 is 4.74 Å². The lowest BCUT2D eigenvalue weighted by molar-refractivity contribution is 0.135. The van der Waals surface area contributed by atoms with Gasteiger partial charge in [-0.25, -0.2) is 0 Å². The van der Waals surface area contributed by atoms with E-state index >= 15 is 0 Å². The second-order valence-corrected chi connectivity index (χ2v) is 3.33. The molecule has 3 nitrogen and oxygen atoms in total. The predicted octanol–water partition coefficient (Wildman–Crippen LogP) is 2.64. The van der Waals surface area contributed by atoms with Crippen LogP contribution in [0.15, 0.2) is 30.5 Å². The van der Waals surface area contributed by atoms with Crippen molar-refractivity contribution in [3.8, 4) is 5.75 Å². The molecule has 0 radical (unpaired) electrons. The zero-order valence-electron chi connectivity index (χ0n) is 9.06. The van der Waals surface area contributed by atoms with Crippen molar-refractivity contribution in [3.05, 3.63) is 30.5 Å². The molecule has 0 amide bonds. The first kappa shape index (κ1) is 10.1. The Labute approximate surface area is 89.2 Å². The van der Waals surface area contributed by atoms with E-state index in [0.29, 0.717) is 13.3 Å². The van der Waals surface area contributed by atoms with E-state index < -0.39 is 0 Å². The van der Waals surface area contributed by atoms with Gasteiger partial charge in [0.15, 0.2) is 0 Å². The second kappa shape index (κ2) is 4.36. The molecule has 1 aromatic carbocycles. The maximum absolute atomic E-state index is 5.56. The zero-order chi connectivity index (χ0) is 10.7. The molecular formula is C12H15NO2. The van der Waals surface area contributed by atoms with E-state index in [-0.39, 0.29) is 0 Å². The third kappa shape index (κ3) is 1.83. The van der Waals surface area contributed by atoms with E-state index in [0.717, 1.165) is 16.7 Å². The van der Waals surface area contributed by atoms with Gasteiger partial charge in [0.05, 0.1) is 12.1 Å². The van der Waals surface area contributed by atoms with Crippen LogP contribution in [0, 0.1) is 0 Å². The Morgan fingerprint density at radius 3 is 2.87 bits per heavy atom. The Balaban J connectivity index is 2.48. The van der Waals surface area contributed by atoms with Gasteiger partial charge in [0, 0.05) is 18.7 Å². The largest absolute Gasteiger partial charge is 0.493 e. The highest BCUT2D eigenvalue weighted by Gasteiger charge is 2.05. The summed E-state index contributed by atoms with van der Waals surface area (Å²) in [5.74, 6) is 0.935. The number of benzene rings is 1. The SMILES string of the molecule is CCOc1cccc2c1ccn2COC. The topological polar surface area (TPSA) is 23.4 Å². The van der Waals surface area contributed by atoms with Crippen molar-refractivity contribution in [3.63, 3.8) is 0 Å². The van der Waals surface area contributed by atoms with Crippen molar-refractivity contribution in [2.75, 3.05) is 13.7 Å². The lowest BCUT2D eigenvalue weighted by Gasteiger charge is -2.06. The predicted molar refractivity (Wildman–Crippen MR) is 60.1 cm³/mol. The summed E-state index contributed by atoms with van der Waals surface area (Å²) in [5, 5.41) is 1.14. The molecule has 0 aliphatic carbocycles. The number of nitrogens with zero attached hydrogens (tertiary/aromatic N) is 1. The Bertz CT molecular complexity index is 448. The second-order valence-electron chi connectivity index (χ2n) is 3.33. The van der Waals surface area contributed by atoms with E-state index in [1.54, 1.807) is 7.11 Å². The summed E-state index contributed by atoms with van der Waals surface area (Å²) >= 11 is 0. The van der Waals surface area contributed by atoms with Gasteiger partial charge in [-0.15, -0.1) is 0 Å². The summed E-state index contributed by atoms with van der Waals surface area (Å²) in [7, 11) is 1.69. The summed E-state index contributed by atoms with van der Waals surface area (Å²) in [5.41, 5.74) is 1.14. The summed E-state index contributed by atoms with van der Waals surface area (Å²) in [4.78, 5) is 0. The smallest absolute Gasteiger partial charge is 0.128 e. The van der Waals surface area contributed by atoms with Gasteiger partial charge in [-0.2, -0.15) is 0 Å². The summed E-state index contributed by atoms with van der Waals surface area (Å²) in [6.45, 7) is 3.25. The molecule has 0 aliphatic rings. The van der Waals surface area contributed by atoms with E-state index in [9.17, 15) is 0 Å². The minimum Gasteiger partial charge on any atom is -0.493 e. The Morgan fingerprint density at radius 1 is 1.27 bits per heavy atom. The van der Waals surface area contributed by atoms with Crippen LogP contribution in [0.25, 0.3) is 10.9 Å². The van der Waals surface area contributed by atoms with Crippen molar-refractivity contribution >= 4 is 10.9 Å². The molecule has 1 aromatic heterocycles. The van der Waals surface area contributed by atoms with Crippen LogP contribution >= 0.6 is 0 Å². The average Bonchev–Trinajstić information content (AvgIpc) is 2.64. The van der Waals surface area contributed by atoms with Crippen molar-refractivity contribution in [1.29, 1.82) is 0 Å². The van der Waals surface area contributed by atoms with Crippen LogP contribution in [0.3, 0.4) is 0 Å². The summed E-state index contributed by atoms with van der Waals surface area (Å²) in [6, 6.07) is 8.11. The molecule has 0 spiro atoms. The maximum atomic E-state index is 5.56. The van der Waals surface area contributed by atoms with Crippen LogP contribution in [0.2, 0.25) is 0 Å². The first-order valence-corrected chi connectivity index (χ1v) is 5.06. The number of methoxy groups -OCH3 is 1. The van der Waals surface area contributed by atoms with Gasteiger partial charge in [-0.05, 0) is 25.1 Å². The van der Waals surface area contributed by atoms with Gasteiger partial charge in [0.25, 0.3) is 0 Å². The fraction of sp³-hybridized carbons (Fsp3) is 0.333. The Morgan fingerprint density at radius 2 is 2.13 bits per heavy atom. The monoisotopic (exact) mass is 205 g/mol. The molecule has 2 rings (SSSR count). The van der Waals surface area contributed by atoms with Crippen LogP contribution in [0.5, 0.6) is 5.75 Å². The van der Waals surface area contributed by atoms with E-state index in [1.165, 1.54) is 0 Å². The molecule has 15 heavy (non-hydrogen) atoms. The fourth-order valence-electron chi connectivity index (χ4n) is 1.73. The molecule has 80 valence electrons. The maximum Gasteiger partial charge on any atom is 0.128 e. The number of fused-ring (bicyclic) bond motifs is 1. The highest BCUT2D eigenvalue weighted by atomic mass is 16.5. The average molecular weight is 205 g/mol. The van der Waals surface area contributed by atoms with E-state index in [1.807, 2.05) is 25.3 Å². The molecule has 2 aromatic rings. The van der Waals surface area contributed by atoms with Gasteiger partial charge >= 0.3 is 0 Å². The molecule has 1 heterocycles. The molecule has 0 saturated heterocycles. The lowest BCUT2D eigenvalue weighted by Crippen LogP contribution is -1.97. The molecule has 0 unspecified atom stereocenters. The van der Waals surface area contributed by atoms with Crippen LogP contribution in [0.4, 0.5) is 0 Å². The van der Waals surface area contributed by atoms with Crippen LogP contribution in [0.1, 0.15) is 6.92 Å². The van der Waals surface area contributed by atoms with Gasteiger partial charge in [-0.1, -0.05) is 6.07 Å². The first-order chi connectivity index (χ1) is 7.36. The minimum atomic E-state index is 0.569. The zero-order valence-corrected chi connectivity index (χ0v) is 9.06.